The van der Waals surface area contributed by atoms with Gasteiger partial charge in [-0.15, -0.1) is 0 Å². The molecule has 40 heavy (non-hydrogen) atoms. The van der Waals surface area contributed by atoms with E-state index in [-0.39, 0.29) is 41.2 Å². The first-order chi connectivity index (χ1) is 19.0. The standard InChI is InChI=1S/C33H32F4O3/c1-33(2)14-4-6-27(33)25-15-19(8-12-22(25)26-16-21(32(36)37)11-13-28(26)34)18-40-29-7-3-5-23(31(29)35)24(17-30(38)39)20-9-10-20/h3,5-8,11-13,15-16,20,24,32H,4,9-10,14,17-18H2,1-2H3,(H,38,39)/t24-/m0/s1. The summed E-state index contributed by atoms with van der Waals surface area (Å²) in [6.45, 7) is 4.21. The molecule has 3 nitrogen and oxygen atoms in total. The van der Waals surface area contributed by atoms with Gasteiger partial charge >= 0.3 is 5.97 Å². The summed E-state index contributed by atoms with van der Waals surface area (Å²) in [4.78, 5) is 11.4. The molecule has 0 unspecified atom stereocenters. The molecule has 0 heterocycles. The predicted octanol–water partition coefficient (Wildman–Crippen LogP) is 9.32. The van der Waals surface area contributed by atoms with Gasteiger partial charge in [-0.05, 0) is 89.1 Å². The van der Waals surface area contributed by atoms with Crippen LogP contribution in [0.2, 0.25) is 0 Å². The van der Waals surface area contributed by atoms with Gasteiger partial charge in [0.25, 0.3) is 6.43 Å². The van der Waals surface area contributed by atoms with E-state index in [1.165, 1.54) is 12.1 Å². The molecule has 2 aliphatic rings. The van der Waals surface area contributed by atoms with Gasteiger partial charge in [0.1, 0.15) is 12.4 Å². The molecule has 0 saturated heterocycles. The molecule has 210 valence electrons. The highest BCUT2D eigenvalue weighted by Gasteiger charge is 2.36. The van der Waals surface area contributed by atoms with Crippen molar-refractivity contribution in [1.82, 2.24) is 0 Å². The Labute approximate surface area is 231 Å². The van der Waals surface area contributed by atoms with Crippen molar-refractivity contribution in [3.8, 4) is 16.9 Å². The SMILES string of the molecule is CC1(C)CCC=C1c1cc(COc2cccc([C@@H](CC(=O)O)C3CC3)c2F)ccc1-c1cc(C(F)F)ccc1F. The number of allylic oxidation sites excluding steroid dienone is 2. The number of hydrogen-bond donors (Lipinski definition) is 1. The first kappa shape index (κ1) is 27.9. The average Bonchev–Trinajstić information content (AvgIpc) is 3.69. The zero-order chi connectivity index (χ0) is 28.6. The van der Waals surface area contributed by atoms with E-state index in [1.807, 2.05) is 6.07 Å². The van der Waals surface area contributed by atoms with E-state index in [1.54, 1.807) is 24.3 Å². The Bertz CT molecular complexity index is 1460. The van der Waals surface area contributed by atoms with Gasteiger partial charge in [-0.3, -0.25) is 4.79 Å². The normalized spacial score (nSPS) is 17.1. The molecule has 3 aromatic rings. The summed E-state index contributed by atoms with van der Waals surface area (Å²) in [6, 6.07) is 13.5. The maximum absolute atomic E-state index is 15.5. The van der Waals surface area contributed by atoms with Crippen molar-refractivity contribution >= 4 is 11.5 Å². The minimum absolute atomic E-state index is 0.0218. The van der Waals surface area contributed by atoms with Gasteiger partial charge < -0.3 is 9.84 Å². The molecule has 0 aliphatic heterocycles. The summed E-state index contributed by atoms with van der Waals surface area (Å²) in [5.74, 6) is -2.31. The van der Waals surface area contributed by atoms with E-state index >= 15 is 4.39 Å². The van der Waals surface area contributed by atoms with Crippen LogP contribution in [0.25, 0.3) is 16.7 Å². The predicted molar refractivity (Wildman–Crippen MR) is 146 cm³/mol. The van der Waals surface area contributed by atoms with E-state index in [2.05, 4.69) is 19.9 Å². The van der Waals surface area contributed by atoms with Crippen LogP contribution in [0.15, 0.2) is 60.7 Å². The summed E-state index contributed by atoms with van der Waals surface area (Å²) in [5.41, 5.74) is 2.96. The third-order valence-electron chi connectivity index (χ3n) is 8.13. The fourth-order valence-electron chi connectivity index (χ4n) is 5.79. The van der Waals surface area contributed by atoms with Crippen molar-refractivity contribution in [1.29, 1.82) is 0 Å². The second-order valence-electron chi connectivity index (χ2n) is 11.5. The molecule has 7 heteroatoms. The molecule has 1 N–H and O–H groups in total. The summed E-state index contributed by atoms with van der Waals surface area (Å²) in [7, 11) is 0. The van der Waals surface area contributed by atoms with Crippen LogP contribution < -0.4 is 4.74 Å². The largest absolute Gasteiger partial charge is 0.486 e. The number of halogens is 4. The zero-order valence-corrected chi connectivity index (χ0v) is 22.5. The van der Waals surface area contributed by atoms with Crippen molar-refractivity contribution in [2.45, 2.75) is 64.9 Å². The number of rotatable bonds is 10. The summed E-state index contributed by atoms with van der Waals surface area (Å²) < 4.78 is 63.3. The van der Waals surface area contributed by atoms with Gasteiger partial charge in [-0.2, -0.15) is 0 Å². The molecule has 1 saturated carbocycles. The third kappa shape index (κ3) is 5.79. The molecule has 0 bridgehead atoms. The van der Waals surface area contributed by atoms with Gasteiger partial charge in [-0.1, -0.05) is 50.3 Å². The Balaban J connectivity index is 1.48. The molecule has 0 spiro atoms. The summed E-state index contributed by atoms with van der Waals surface area (Å²) in [6.07, 6.45) is 2.75. The second-order valence-corrected chi connectivity index (χ2v) is 11.5. The van der Waals surface area contributed by atoms with Crippen LogP contribution in [-0.2, 0) is 11.4 Å². The van der Waals surface area contributed by atoms with Crippen LogP contribution in [0.4, 0.5) is 17.6 Å². The number of alkyl halides is 2. The lowest BCUT2D eigenvalue weighted by molar-refractivity contribution is -0.137. The minimum atomic E-state index is -2.72. The lowest BCUT2D eigenvalue weighted by atomic mass is 9.79. The van der Waals surface area contributed by atoms with Crippen LogP contribution in [0.3, 0.4) is 0 Å². The zero-order valence-electron chi connectivity index (χ0n) is 22.5. The highest BCUT2D eigenvalue weighted by molar-refractivity contribution is 5.85. The molecular weight excluding hydrogens is 520 g/mol. The smallest absolute Gasteiger partial charge is 0.303 e. The number of benzene rings is 3. The first-order valence-electron chi connectivity index (χ1n) is 13.6. The number of hydrogen-bond acceptors (Lipinski definition) is 2. The molecular formula is C33H32F4O3. The Kier molecular flexibility index (Phi) is 7.76. The number of ether oxygens (including phenoxy) is 1. The highest BCUT2D eigenvalue weighted by atomic mass is 19.3. The molecule has 1 fully saturated rings. The fraction of sp³-hybridized carbons (Fsp3) is 0.364. The molecule has 5 rings (SSSR count). The second kappa shape index (κ2) is 11.1. The molecule has 0 amide bonds. The first-order valence-corrected chi connectivity index (χ1v) is 13.6. The lowest BCUT2D eigenvalue weighted by Gasteiger charge is -2.26. The topological polar surface area (TPSA) is 46.5 Å². The third-order valence-corrected chi connectivity index (χ3v) is 8.13. The molecule has 0 radical (unpaired) electrons. The van der Waals surface area contributed by atoms with Crippen molar-refractivity contribution in [3.63, 3.8) is 0 Å². The fourth-order valence-corrected chi connectivity index (χ4v) is 5.79. The minimum Gasteiger partial charge on any atom is -0.486 e. The molecule has 2 aliphatic carbocycles. The number of carboxylic acids is 1. The van der Waals surface area contributed by atoms with Gasteiger partial charge in [0, 0.05) is 17.0 Å². The van der Waals surface area contributed by atoms with E-state index in [0.29, 0.717) is 16.7 Å². The highest BCUT2D eigenvalue weighted by Crippen LogP contribution is 2.48. The quantitative estimate of drug-likeness (QED) is 0.255. The Hall–Kier alpha value is -3.61. The molecule has 3 aromatic carbocycles. The monoisotopic (exact) mass is 552 g/mol. The Morgan fingerprint density at radius 2 is 1.80 bits per heavy atom. The van der Waals surface area contributed by atoms with Crippen molar-refractivity contribution < 1.29 is 32.2 Å². The van der Waals surface area contributed by atoms with Gasteiger partial charge in [0.05, 0.1) is 6.42 Å². The maximum Gasteiger partial charge on any atom is 0.303 e. The number of carbonyl (C=O) groups is 1. The van der Waals surface area contributed by atoms with Crippen LogP contribution in [0, 0.1) is 23.0 Å². The molecule has 0 aromatic heterocycles. The van der Waals surface area contributed by atoms with E-state index in [4.69, 9.17) is 4.74 Å². The van der Waals surface area contributed by atoms with Crippen LogP contribution in [-0.4, -0.2) is 11.1 Å². The van der Waals surface area contributed by atoms with Crippen molar-refractivity contribution in [3.05, 3.63) is 94.6 Å². The van der Waals surface area contributed by atoms with Gasteiger partial charge in [-0.25, -0.2) is 17.6 Å². The summed E-state index contributed by atoms with van der Waals surface area (Å²) >= 11 is 0. The van der Waals surface area contributed by atoms with Crippen LogP contribution in [0.5, 0.6) is 5.75 Å². The number of carboxylic acid groups (broad SMARTS) is 1. The lowest BCUT2D eigenvalue weighted by Crippen LogP contribution is -2.11. The van der Waals surface area contributed by atoms with Crippen molar-refractivity contribution in [2.24, 2.45) is 11.3 Å². The van der Waals surface area contributed by atoms with Gasteiger partial charge in [0.15, 0.2) is 11.6 Å². The Morgan fingerprint density at radius 1 is 1.02 bits per heavy atom. The van der Waals surface area contributed by atoms with E-state index < -0.39 is 29.9 Å². The van der Waals surface area contributed by atoms with Gasteiger partial charge in [0.2, 0.25) is 0 Å². The van der Waals surface area contributed by atoms with Crippen LogP contribution >= 0.6 is 0 Å². The van der Waals surface area contributed by atoms with Crippen molar-refractivity contribution in [2.75, 3.05) is 0 Å². The molecule has 1 atom stereocenters. The average molecular weight is 553 g/mol. The Morgan fingerprint density at radius 3 is 2.45 bits per heavy atom. The number of aliphatic carboxylic acids is 1. The van der Waals surface area contributed by atoms with E-state index in [9.17, 15) is 23.1 Å². The van der Waals surface area contributed by atoms with Crippen LogP contribution in [0.1, 0.15) is 80.5 Å². The van der Waals surface area contributed by atoms with E-state index in [0.717, 1.165) is 49.0 Å². The maximum atomic E-state index is 15.5. The summed E-state index contributed by atoms with van der Waals surface area (Å²) in [5, 5.41) is 9.33.